The molecule has 116 valence electrons. The number of anilines is 1. The number of hydrogen-bond acceptors (Lipinski definition) is 5. The van der Waals surface area contributed by atoms with Crippen LogP contribution in [0.1, 0.15) is 24.0 Å². The highest BCUT2D eigenvalue weighted by atomic mass is 16.5. The number of benzene rings is 1. The molecule has 0 amide bonds. The van der Waals surface area contributed by atoms with Gasteiger partial charge in [-0.05, 0) is 19.1 Å². The van der Waals surface area contributed by atoms with E-state index in [1.807, 2.05) is 37.1 Å². The third kappa shape index (κ3) is 3.65. The predicted molar refractivity (Wildman–Crippen MR) is 82.0 cm³/mol. The smallest absolute Gasteiger partial charge is 0.172 e. The van der Waals surface area contributed by atoms with Crippen LogP contribution in [0, 0.1) is 6.92 Å². The molecule has 0 unspecified atom stereocenters. The first-order valence-electron chi connectivity index (χ1n) is 7.05. The van der Waals surface area contributed by atoms with Crippen LogP contribution in [0.15, 0.2) is 23.4 Å². The molecular weight excluding hydrogens is 270 g/mol. The zero-order valence-corrected chi connectivity index (χ0v) is 12.5. The van der Waals surface area contributed by atoms with E-state index in [0.717, 1.165) is 11.3 Å². The quantitative estimate of drug-likeness (QED) is 0.334. The highest BCUT2D eigenvalue weighted by molar-refractivity contribution is 6.02. The third-order valence-electron chi connectivity index (χ3n) is 3.90. The van der Waals surface area contributed by atoms with Gasteiger partial charge in [0.2, 0.25) is 0 Å². The van der Waals surface area contributed by atoms with Crippen LogP contribution in [0.4, 0.5) is 5.69 Å². The molecule has 1 heterocycles. The summed E-state index contributed by atoms with van der Waals surface area (Å²) >= 11 is 0. The number of oxime groups is 1. The molecule has 0 aromatic heterocycles. The number of likely N-dealkylation sites (N-methyl/N-ethyl adjacent to an activating group) is 1. The standard InChI is InChI=1S/C15H23N3O3/c1-11-3-4-13(12(9-11)14(16)17-20)18(2)10-15(19)5-7-21-8-6-15/h3-4,9,19-20H,5-8,10H2,1-2H3,(H2,16,17). The first kappa shape index (κ1) is 15.6. The van der Waals surface area contributed by atoms with E-state index in [1.54, 1.807) is 0 Å². The van der Waals surface area contributed by atoms with Gasteiger partial charge in [-0.1, -0.05) is 16.8 Å². The summed E-state index contributed by atoms with van der Waals surface area (Å²) in [6.45, 7) is 3.58. The maximum atomic E-state index is 10.6. The summed E-state index contributed by atoms with van der Waals surface area (Å²) in [4.78, 5) is 1.94. The summed E-state index contributed by atoms with van der Waals surface area (Å²) in [5.74, 6) is 0.0690. The molecule has 1 fully saturated rings. The Kier molecular flexibility index (Phi) is 4.69. The third-order valence-corrected chi connectivity index (χ3v) is 3.90. The second kappa shape index (κ2) is 6.32. The van der Waals surface area contributed by atoms with E-state index in [2.05, 4.69) is 5.16 Å². The average molecular weight is 293 g/mol. The Morgan fingerprint density at radius 1 is 1.43 bits per heavy atom. The number of nitrogens with two attached hydrogens (primary N) is 1. The summed E-state index contributed by atoms with van der Waals surface area (Å²) < 4.78 is 5.30. The van der Waals surface area contributed by atoms with E-state index in [-0.39, 0.29) is 5.84 Å². The van der Waals surface area contributed by atoms with Crippen molar-refractivity contribution in [3.8, 4) is 0 Å². The van der Waals surface area contributed by atoms with Crippen molar-refractivity contribution in [3.63, 3.8) is 0 Å². The van der Waals surface area contributed by atoms with Gasteiger partial charge in [-0.3, -0.25) is 0 Å². The van der Waals surface area contributed by atoms with Gasteiger partial charge in [0, 0.05) is 50.9 Å². The van der Waals surface area contributed by atoms with Crippen LogP contribution in [0.2, 0.25) is 0 Å². The first-order valence-corrected chi connectivity index (χ1v) is 7.05. The Balaban J connectivity index is 2.24. The van der Waals surface area contributed by atoms with Crippen LogP contribution in [-0.4, -0.2) is 48.6 Å². The average Bonchev–Trinajstić information content (AvgIpc) is 2.46. The lowest BCUT2D eigenvalue weighted by Gasteiger charge is -2.36. The van der Waals surface area contributed by atoms with Gasteiger partial charge >= 0.3 is 0 Å². The minimum absolute atomic E-state index is 0.0690. The molecule has 1 aromatic carbocycles. The van der Waals surface area contributed by atoms with Crippen LogP contribution in [0.3, 0.4) is 0 Å². The molecule has 0 spiro atoms. The summed E-state index contributed by atoms with van der Waals surface area (Å²) in [5, 5.41) is 22.6. The second-order valence-electron chi connectivity index (χ2n) is 5.70. The molecule has 1 aliphatic rings. The van der Waals surface area contributed by atoms with Crippen LogP contribution in [0.5, 0.6) is 0 Å². The summed E-state index contributed by atoms with van der Waals surface area (Å²) in [6.07, 6.45) is 1.23. The number of ether oxygens (including phenoxy) is 1. The summed E-state index contributed by atoms with van der Waals surface area (Å²) in [6, 6.07) is 5.76. The fourth-order valence-corrected chi connectivity index (χ4v) is 2.68. The zero-order valence-electron chi connectivity index (χ0n) is 12.5. The molecule has 21 heavy (non-hydrogen) atoms. The maximum absolute atomic E-state index is 10.6. The number of aliphatic hydroxyl groups is 1. The second-order valence-corrected chi connectivity index (χ2v) is 5.70. The number of aryl methyl sites for hydroxylation is 1. The Labute approximate surface area is 124 Å². The molecule has 0 atom stereocenters. The molecule has 0 bridgehead atoms. The van der Waals surface area contributed by atoms with Gasteiger partial charge in [0.25, 0.3) is 0 Å². The molecule has 2 rings (SSSR count). The largest absolute Gasteiger partial charge is 0.409 e. The monoisotopic (exact) mass is 293 g/mol. The lowest BCUT2D eigenvalue weighted by atomic mass is 9.93. The van der Waals surface area contributed by atoms with Crippen molar-refractivity contribution >= 4 is 11.5 Å². The van der Waals surface area contributed by atoms with E-state index < -0.39 is 5.60 Å². The van der Waals surface area contributed by atoms with Gasteiger partial charge < -0.3 is 25.7 Å². The van der Waals surface area contributed by atoms with Crippen LogP contribution < -0.4 is 10.6 Å². The van der Waals surface area contributed by atoms with Gasteiger partial charge in [-0.25, -0.2) is 0 Å². The number of nitrogens with zero attached hydrogens (tertiary/aromatic N) is 2. The van der Waals surface area contributed by atoms with E-state index in [9.17, 15) is 5.11 Å². The molecule has 4 N–H and O–H groups in total. The Morgan fingerprint density at radius 3 is 2.71 bits per heavy atom. The predicted octanol–water partition coefficient (Wildman–Crippen LogP) is 1.07. The van der Waals surface area contributed by atoms with Crippen LogP contribution in [-0.2, 0) is 4.74 Å². The zero-order chi connectivity index (χ0) is 15.5. The van der Waals surface area contributed by atoms with Gasteiger partial charge in [0.1, 0.15) is 0 Å². The number of hydrogen-bond donors (Lipinski definition) is 3. The van der Waals surface area contributed by atoms with E-state index >= 15 is 0 Å². The van der Waals surface area contributed by atoms with Crippen molar-refractivity contribution < 1.29 is 15.1 Å². The molecule has 6 heteroatoms. The normalized spacial score (nSPS) is 18.5. The van der Waals surface area contributed by atoms with E-state index in [1.165, 1.54) is 0 Å². The number of rotatable bonds is 4. The Hall–Kier alpha value is -1.79. The van der Waals surface area contributed by atoms with Crippen molar-refractivity contribution in [2.75, 3.05) is 31.7 Å². The highest BCUT2D eigenvalue weighted by Crippen LogP contribution is 2.26. The minimum atomic E-state index is -0.764. The van der Waals surface area contributed by atoms with Crippen LogP contribution >= 0.6 is 0 Å². The molecular formula is C15H23N3O3. The van der Waals surface area contributed by atoms with Crippen molar-refractivity contribution in [2.24, 2.45) is 10.9 Å². The van der Waals surface area contributed by atoms with Gasteiger partial charge in [0.05, 0.1) is 5.60 Å². The van der Waals surface area contributed by atoms with Gasteiger partial charge in [-0.15, -0.1) is 0 Å². The maximum Gasteiger partial charge on any atom is 0.172 e. The fraction of sp³-hybridized carbons (Fsp3) is 0.533. The Bertz CT molecular complexity index is 525. The van der Waals surface area contributed by atoms with Gasteiger partial charge in [-0.2, -0.15) is 0 Å². The molecule has 0 radical (unpaired) electrons. The molecule has 1 aromatic rings. The lowest BCUT2D eigenvalue weighted by Crippen LogP contribution is -2.46. The van der Waals surface area contributed by atoms with E-state index in [4.69, 9.17) is 15.7 Å². The topological polar surface area (TPSA) is 91.3 Å². The van der Waals surface area contributed by atoms with Crippen LogP contribution in [0.25, 0.3) is 0 Å². The van der Waals surface area contributed by atoms with Crippen molar-refractivity contribution in [3.05, 3.63) is 29.3 Å². The first-order chi connectivity index (χ1) is 9.95. The minimum Gasteiger partial charge on any atom is -0.409 e. The molecule has 1 aliphatic heterocycles. The number of amidine groups is 1. The van der Waals surface area contributed by atoms with Crippen molar-refractivity contribution in [1.29, 1.82) is 0 Å². The van der Waals surface area contributed by atoms with E-state index in [0.29, 0.717) is 38.2 Å². The SMILES string of the molecule is Cc1ccc(N(C)CC2(O)CCOCC2)c(/C(N)=N/O)c1. The highest BCUT2D eigenvalue weighted by Gasteiger charge is 2.31. The Morgan fingerprint density at radius 2 is 2.10 bits per heavy atom. The van der Waals surface area contributed by atoms with Crippen molar-refractivity contribution in [2.45, 2.75) is 25.4 Å². The summed E-state index contributed by atoms with van der Waals surface area (Å²) in [7, 11) is 1.90. The molecule has 0 saturated carbocycles. The van der Waals surface area contributed by atoms with Crippen molar-refractivity contribution in [1.82, 2.24) is 0 Å². The van der Waals surface area contributed by atoms with Gasteiger partial charge in [0.15, 0.2) is 5.84 Å². The molecule has 6 nitrogen and oxygen atoms in total. The molecule has 0 aliphatic carbocycles. The summed E-state index contributed by atoms with van der Waals surface area (Å²) in [5.41, 5.74) is 7.51. The molecule has 1 saturated heterocycles. The lowest BCUT2D eigenvalue weighted by molar-refractivity contribution is -0.0572. The fourth-order valence-electron chi connectivity index (χ4n) is 2.68.